The SMILES string of the molecule is O=C(Nc1cc(Cl)ccn1)c1ccc2[nH]c(Nc3c(Cl)cccc3Cl)nc2c1. The van der Waals surface area contributed by atoms with Gasteiger partial charge in [0, 0.05) is 16.8 Å². The summed E-state index contributed by atoms with van der Waals surface area (Å²) < 4.78 is 0. The first-order valence-corrected chi connectivity index (χ1v) is 9.27. The van der Waals surface area contributed by atoms with Crippen LogP contribution in [0.15, 0.2) is 54.7 Å². The number of fused-ring (bicyclic) bond motifs is 1. The number of amides is 1. The van der Waals surface area contributed by atoms with Crippen molar-refractivity contribution in [3.05, 3.63) is 75.4 Å². The summed E-state index contributed by atoms with van der Waals surface area (Å²) in [6.07, 6.45) is 1.52. The maximum absolute atomic E-state index is 12.5. The highest BCUT2D eigenvalue weighted by Crippen LogP contribution is 2.32. The van der Waals surface area contributed by atoms with Gasteiger partial charge in [-0.1, -0.05) is 40.9 Å². The van der Waals surface area contributed by atoms with Gasteiger partial charge >= 0.3 is 0 Å². The third-order valence-electron chi connectivity index (χ3n) is 3.91. The Balaban J connectivity index is 1.58. The molecule has 2 aromatic heterocycles. The molecule has 0 fully saturated rings. The number of anilines is 3. The van der Waals surface area contributed by atoms with E-state index < -0.39 is 0 Å². The molecule has 1 amide bonds. The van der Waals surface area contributed by atoms with Crippen LogP contribution in [-0.2, 0) is 0 Å². The normalized spacial score (nSPS) is 10.8. The highest BCUT2D eigenvalue weighted by molar-refractivity contribution is 6.39. The number of aromatic amines is 1. The fourth-order valence-electron chi connectivity index (χ4n) is 2.60. The average Bonchev–Trinajstić information content (AvgIpc) is 3.06. The second-order valence-electron chi connectivity index (χ2n) is 5.85. The molecule has 28 heavy (non-hydrogen) atoms. The van der Waals surface area contributed by atoms with E-state index in [1.807, 2.05) is 0 Å². The van der Waals surface area contributed by atoms with E-state index in [4.69, 9.17) is 34.8 Å². The van der Waals surface area contributed by atoms with Gasteiger partial charge in [0.2, 0.25) is 5.95 Å². The first-order chi connectivity index (χ1) is 13.5. The van der Waals surface area contributed by atoms with Crippen molar-refractivity contribution in [2.24, 2.45) is 0 Å². The Morgan fingerprint density at radius 3 is 2.54 bits per heavy atom. The number of para-hydroxylation sites is 1. The maximum Gasteiger partial charge on any atom is 0.256 e. The van der Waals surface area contributed by atoms with E-state index in [2.05, 4.69) is 25.6 Å². The van der Waals surface area contributed by atoms with Gasteiger partial charge in [0.25, 0.3) is 5.91 Å². The summed E-state index contributed by atoms with van der Waals surface area (Å²) in [5, 5.41) is 7.21. The Bertz CT molecular complexity index is 1170. The van der Waals surface area contributed by atoms with Crippen LogP contribution in [0.4, 0.5) is 17.5 Å². The molecule has 9 heteroatoms. The smallest absolute Gasteiger partial charge is 0.256 e. The Hall–Kier alpha value is -2.80. The van der Waals surface area contributed by atoms with Crippen LogP contribution in [0.1, 0.15) is 10.4 Å². The second kappa shape index (κ2) is 7.67. The van der Waals surface area contributed by atoms with E-state index >= 15 is 0 Å². The van der Waals surface area contributed by atoms with Crippen LogP contribution >= 0.6 is 34.8 Å². The van der Waals surface area contributed by atoms with Gasteiger partial charge in [0.05, 0.1) is 26.8 Å². The van der Waals surface area contributed by atoms with E-state index in [0.717, 1.165) is 5.52 Å². The summed E-state index contributed by atoms with van der Waals surface area (Å²) >= 11 is 18.3. The van der Waals surface area contributed by atoms with Crippen molar-refractivity contribution in [1.29, 1.82) is 0 Å². The number of carbonyl (C=O) groups excluding carboxylic acids is 1. The summed E-state index contributed by atoms with van der Waals surface area (Å²) in [7, 11) is 0. The lowest BCUT2D eigenvalue weighted by atomic mass is 10.2. The van der Waals surface area contributed by atoms with E-state index in [-0.39, 0.29) is 5.91 Å². The molecule has 0 unspecified atom stereocenters. The van der Waals surface area contributed by atoms with Crippen molar-refractivity contribution >= 4 is 69.2 Å². The van der Waals surface area contributed by atoms with Crippen molar-refractivity contribution in [3.8, 4) is 0 Å². The van der Waals surface area contributed by atoms with Crippen LogP contribution in [0, 0.1) is 0 Å². The van der Waals surface area contributed by atoms with Gasteiger partial charge < -0.3 is 15.6 Å². The zero-order valence-electron chi connectivity index (χ0n) is 14.1. The standard InChI is InChI=1S/C19H12Cl3N5O/c20-11-6-7-23-16(9-11)26-18(28)10-4-5-14-15(8-10)25-19(24-14)27-17-12(21)2-1-3-13(17)22/h1-9H,(H,23,26,28)(H2,24,25,27). The molecule has 6 nitrogen and oxygen atoms in total. The first-order valence-electron chi connectivity index (χ1n) is 8.13. The predicted molar refractivity (Wildman–Crippen MR) is 113 cm³/mol. The number of pyridine rings is 1. The van der Waals surface area contributed by atoms with Gasteiger partial charge in [0.15, 0.2) is 0 Å². The molecule has 2 aromatic carbocycles. The summed E-state index contributed by atoms with van der Waals surface area (Å²) in [5.74, 6) is 0.512. The van der Waals surface area contributed by atoms with Crippen LogP contribution in [0.25, 0.3) is 11.0 Å². The molecule has 2 heterocycles. The van der Waals surface area contributed by atoms with Crippen molar-refractivity contribution in [3.63, 3.8) is 0 Å². The zero-order valence-corrected chi connectivity index (χ0v) is 16.4. The van der Waals surface area contributed by atoms with Gasteiger partial charge in [-0.15, -0.1) is 0 Å². The van der Waals surface area contributed by atoms with Crippen molar-refractivity contribution in [2.45, 2.75) is 0 Å². The Labute approximate surface area is 174 Å². The number of aromatic nitrogens is 3. The predicted octanol–water partition coefficient (Wildman–Crippen LogP) is 5.91. The highest BCUT2D eigenvalue weighted by atomic mass is 35.5. The summed E-state index contributed by atoms with van der Waals surface area (Å²) in [5.41, 5.74) is 2.35. The minimum Gasteiger partial charge on any atom is -0.324 e. The molecule has 0 spiro atoms. The molecule has 0 radical (unpaired) electrons. The molecule has 3 N–H and O–H groups in total. The van der Waals surface area contributed by atoms with E-state index in [1.165, 1.54) is 6.20 Å². The number of nitrogens with zero attached hydrogens (tertiary/aromatic N) is 2. The molecule has 4 aromatic rings. The number of hydrogen-bond donors (Lipinski definition) is 3. The number of imidazole rings is 1. The van der Waals surface area contributed by atoms with Crippen LogP contribution in [0.2, 0.25) is 15.1 Å². The topological polar surface area (TPSA) is 82.7 Å². The fourth-order valence-corrected chi connectivity index (χ4v) is 3.26. The lowest BCUT2D eigenvalue weighted by molar-refractivity contribution is 0.102. The van der Waals surface area contributed by atoms with Crippen molar-refractivity contribution in [2.75, 3.05) is 10.6 Å². The molecule has 0 saturated carbocycles. The van der Waals surface area contributed by atoms with Crippen LogP contribution in [0.3, 0.4) is 0 Å². The monoisotopic (exact) mass is 431 g/mol. The molecule has 0 aliphatic carbocycles. The largest absolute Gasteiger partial charge is 0.324 e. The molecule has 0 saturated heterocycles. The van der Waals surface area contributed by atoms with Crippen molar-refractivity contribution < 1.29 is 4.79 Å². The van der Waals surface area contributed by atoms with E-state index in [1.54, 1.807) is 48.5 Å². The molecular weight excluding hydrogens is 421 g/mol. The fraction of sp³-hybridized carbons (Fsp3) is 0. The Morgan fingerprint density at radius 2 is 1.79 bits per heavy atom. The molecule has 0 aliphatic heterocycles. The number of benzene rings is 2. The maximum atomic E-state index is 12.5. The summed E-state index contributed by atoms with van der Waals surface area (Å²) in [4.78, 5) is 24.1. The summed E-state index contributed by atoms with van der Waals surface area (Å²) in [6.45, 7) is 0. The second-order valence-corrected chi connectivity index (χ2v) is 7.10. The van der Waals surface area contributed by atoms with Gasteiger partial charge in [-0.05, 0) is 42.5 Å². The van der Waals surface area contributed by atoms with Crippen molar-refractivity contribution in [1.82, 2.24) is 15.0 Å². The van der Waals surface area contributed by atoms with Crippen LogP contribution in [-0.4, -0.2) is 20.9 Å². The third kappa shape index (κ3) is 3.89. The molecule has 0 bridgehead atoms. The molecule has 140 valence electrons. The van der Waals surface area contributed by atoms with E-state index in [0.29, 0.717) is 43.6 Å². The lowest BCUT2D eigenvalue weighted by Crippen LogP contribution is -2.12. The van der Waals surface area contributed by atoms with Gasteiger partial charge in [-0.2, -0.15) is 0 Å². The highest BCUT2D eigenvalue weighted by Gasteiger charge is 2.12. The van der Waals surface area contributed by atoms with Crippen LogP contribution in [0.5, 0.6) is 0 Å². The quantitative estimate of drug-likeness (QED) is 0.374. The molecule has 0 aliphatic rings. The first kappa shape index (κ1) is 18.6. The number of hydrogen-bond acceptors (Lipinski definition) is 4. The third-order valence-corrected chi connectivity index (χ3v) is 4.78. The number of carbonyl (C=O) groups is 1. The molecule has 0 atom stereocenters. The molecular formula is C19H12Cl3N5O. The Kier molecular flexibility index (Phi) is 5.09. The zero-order chi connectivity index (χ0) is 19.7. The van der Waals surface area contributed by atoms with Crippen LogP contribution < -0.4 is 10.6 Å². The number of H-pyrrole nitrogens is 1. The van der Waals surface area contributed by atoms with E-state index in [9.17, 15) is 4.79 Å². The Morgan fingerprint density at radius 1 is 1.00 bits per heavy atom. The molecule has 4 rings (SSSR count). The minimum absolute atomic E-state index is 0.316. The number of halogens is 3. The summed E-state index contributed by atoms with van der Waals surface area (Å²) in [6, 6.07) is 13.5. The van der Waals surface area contributed by atoms with Gasteiger partial charge in [-0.3, -0.25) is 4.79 Å². The minimum atomic E-state index is -0.316. The number of rotatable bonds is 4. The lowest BCUT2D eigenvalue weighted by Gasteiger charge is -2.06. The van der Waals surface area contributed by atoms with Gasteiger partial charge in [0.1, 0.15) is 5.82 Å². The average molecular weight is 433 g/mol. The van der Waals surface area contributed by atoms with Gasteiger partial charge in [-0.25, -0.2) is 9.97 Å². The number of nitrogens with one attached hydrogen (secondary N) is 3.